The Labute approximate surface area is 56.4 Å². The van der Waals surface area contributed by atoms with E-state index in [0.29, 0.717) is 0 Å². The van der Waals surface area contributed by atoms with Gasteiger partial charge in [-0.1, -0.05) is 0 Å². The van der Waals surface area contributed by atoms with Crippen molar-refractivity contribution in [1.82, 2.24) is 0 Å². The zero-order chi connectivity index (χ0) is 7.56. The number of alkyl halides is 2. The average Bonchev–Trinajstić information content (AvgIpc) is 1.88. The van der Waals surface area contributed by atoms with Crippen LogP contribution in [0.1, 0.15) is 0 Å². The van der Waals surface area contributed by atoms with Crippen molar-refractivity contribution in [2.45, 2.75) is 12.5 Å². The van der Waals surface area contributed by atoms with Crippen LogP contribution in [0.5, 0.6) is 0 Å². The third-order valence-electron chi connectivity index (χ3n) is 1.05. The van der Waals surface area contributed by atoms with Gasteiger partial charge in [0.25, 0.3) is 6.43 Å². The molecule has 0 spiro atoms. The van der Waals surface area contributed by atoms with E-state index in [2.05, 4.69) is 4.74 Å². The van der Waals surface area contributed by atoms with Crippen LogP contribution in [0.25, 0.3) is 0 Å². The van der Waals surface area contributed by atoms with Crippen molar-refractivity contribution in [2.24, 2.45) is 0 Å². The van der Waals surface area contributed by atoms with E-state index in [4.69, 9.17) is 5.11 Å². The smallest absolute Gasteiger partial charge is 0.278 e. The number of aliphatic hydroxyl groups excluding tert-OH is 1. The summed E-state index contributed by atoms with van der Waals surface area (Å²) in [6.45, 7) is 0. The second-order valence-corrected chi connectivity index (χ2v) is 1.84. The van der Waals surface area contributed by atoms with Crippen LogP contribution in [-0.2, 0) is 4.74 Å². The van der Waals surface area contributed by atoms with Gasteiger partial charge in [0, 0.05) is 0 Å². The highest BCUT2D eigenvalue weighted by atomic mass is 19.3. The fraction of sp³-hybridized carbons (Fsp3) is 0.333. The largest absolute Gasteiger partial charge is 0.505 e. The molecular weight excluding hydrogens is 142 g/mol. The molecule has 1 N–H and O–H groups in total. The van der Waals surface area contributed by atoms with Gasteiger partial charge in [-0.2, -0.15) is 0 Å². The van der Waals surface area contributed by atoms with Gasteiger partial charge < -0.3 is 9.84 Å². The maximum atomic E-state index is 11.8. The van der Waals surface area contributed by atoms with Crippen molar-refractivity contribution in [2.75, 3.05) is 0 Å². The summed E-state index contributed by atoms with van der Waals surface area (Å²) >= 11 is 0. The average molecular weight is 148 g/mol. The van der Waals surface area contributed by atoms with Gasteiger partial charge in [-0.25, -0.2) is 8.78 Å². The zero-order valence-electron chi connectivity index (χ0n) is 5.00. The summed E-state index contributed by atoms with van der Waals surface area (Å²) < 4.78 is 27.9. The lowest BCUT2D eigenvalue weighted by molar-refractivity contribution is 0.00919. The monoisotopic (exact) mass is 148 g/mol. The first-order valence-electron chi connectivity index (χ1n) is 2.71. The lowest BCUT2D eigenvalue weighted by Gasteiger charge is -2.14. The van der Waals surface area contributed by atoms with Gasteiger partial charge in [0.05, 0.1) is 0 Å². The molecule has 0 aromatic heterocycles. The van der Waals surface area contributed by atoms with Crippen molar-refractivity contribution in [3.63, 3.8) is 0 Å². The fourth-order valence-electron chi connectivity index (χ4n) is 0.570. The molecule has 1 aliphatic rings. The number of rotatable bonds is 1. The molecule has 0 saturated carbocycles. The summed E-state index contributed by atoms with van der Waals surface area (Å²) in [7, 11) is 0. The van der Waals surface area contributed by atoms with Crippen molar-refractivity contribution in [3.05, 3.63) is 24.2 Å². The van der Waals surface area contributed by atoms with Crippen LogP contribution in [0.4, 0.5) is 8.78 Å². The predicted octanol–water partition coefficient (Wildman–Crippen LogP) is 1.61. The number of allylic oxidation sites excluding steroid dienone is 1. The Hall–Kier alpha value is -1.06. The van der Waals surface area contributed by atoms with Crippen LogP contribution in [0.15, 0.2) is 24.2 Å². The molecule has 0 amide bonds. The van der Waals surface area contributed by atoms with Gasteiger partial charge in [0.1, 0.15) is 12.0 Å². The molecule has 2 nitrogen and oxygen atoms in total. The summed E-state index contributed by atoms with van der Waals surface area (Å²) in [5.74, 6) is -0.142. The molecule has 56 valence electrons. The number of halogens is 2. The van der Waals surface area contributed by atoms with E-state index in [1.165, 1.54) is 6.08 Å². The van der Waals surface area contributed by atoms with Gasteiger partial charge in [0.2, 0.25) is 0 Å². The summed E-state index contributed by atoms with van der Waals surface area (Å²) in [6.07, 6.45) is -0.562. The molecule has 0 aliphatic carbocycles. The van der Waals surface area contributed by atoms with Crippen molar-refractivity contribution >= 4 is 0 Å². The molecule has 1 heterocycles. The van der Waals surface area contributed by atoms with E-state index in [-0.39, 0.29) is 5.76 Å². The molecule has 0 aromatic carbocycles. The standard InChI is InChI=1S/C6H6F2O2/c7-6(8)5-2-1-4(9)3-10-5/h1-3,5-6,9H. The summed E-state index contributed by atoms with van der Waals surface area (Å²) in [5, 5.41) is 8.61. The third kappa shape index (κ3) is 1.46. The molecule has 0 saturated heterocycles. The molecule has 1 aliphatic heterocycles. The molecule has 1 atom stereocenters. The Morgan fingerprint density at radius 3 is 2.70 bits per heavy atom. The minimum atomic E-state index is -2.54. The quantitative estimate of drug-likeness (QED) is 0.612. The number of aliphatic hydroxyl groups is 1. The first kappa shape index (κ1) is 7.05. The SMILES string of the molecule is OC1=COC(C(F)F)C=C1. The predicted molar refractivity (Wildman–Crippen MR) is 30.7 cm³/mol. The second kappa shape index (κ2) is 2.68. The number of hydrogen-bond donors (Lipinski definition) is 1. The highest BCUT2D eigenvalue weighted by Gasteiger charge is 2.19. The van der Waals surface area contributed by atoms with Crippen LogP contribution in [-0.4, -0.2) is 17.6 Å². The second-order valence-electron chi connectivity index (χ2n) is 1.84. The maximum Gasteiger partial charge on any atom is 0.278 e. The first-order chi connectivity index (χ1) is 4.70. The molecular formula is C6H6F2O2. The van der Waals surface area contributed by atoms with E-state index < -0.39 is 12.5 Å². The molecule has 10 heavy (non-hydrogen) atoms. The van der Waals surface area contributed by atoms with E-state index in [0.717, 1.165) is 12.3 Å². The lowest BCUT2D eigenvalue weighted by Crippen LogP contribution is -2.18. The van der Waals surface area contributed by atoms with E-state index in [1.807, 2.05) is 0 Å². The molecule has 0 aromatic rings. The normalized spacial score (nSPS) is 24.3. The van der Waals surface area contributed by atoms with Crippen molar-refractivity contribution < 1.29 is 18.6 Å². The van der Waals surface area contributed by atoms with Crippen LogP contribution < -0.4 is 0 Å². The minimum Gasteiger partial charge on any atom is -0.505 e. The summed E-state index contributed by atoms with van der Waals surface area (Å²) in [6, 6.07) is 0. The van der Waals surface area contributed by atoms with Gasteiger partial charge >= 0.3 is 0 Å². The van der Waals surface area contributed by atoms with Crippen LogP contribution in [0.3, 0.4) is 0 Å². The highest BCUT2D eigenvalue weighted by Crippen LogP contribution is 2.13. The Balaban J connectivity index is 2.52. The molecule has 1 unspecified atom stereocenters. The van der Waals surface area contributed by atoms with Gasteiger partial charge in [-0.15, -0.1) is 0 Å². The zero-order valence-corrected chi connectivity index (χ0v) is 5.00. The van der Waals surface area contributed by atoms with Crippen molar-refractivity contribution in [1.29, 1.82) is 0 Å². The van der Waals surface area contributed by atoms with E-state index in [9.17, 15) is 8.78 Å². The van der Waals surface area contributed by atoms with Crippen LogP contribution in [0.2, 0.25) is 0 Å². The molecule has 0 radical (unpaired) electrons. The van der Waals surface area contributed by atoms with Gasteiger partial charge in [-0.05, 0) is 12.2 Å². The van der Waals surface area contributed by atoms with Crippen LogP contribution in [0, 0.1) is 0 Å². The Morgan fingerprint density at radius 2 is 2.30 bits per heavy atom. The van der Waals surface area contributed by atoms with Gasteiger partial charge in [0.15, 0.2) is 6.10 Å². The summed E-state index contributed by atoms with van der Waals surface area (Å²) in [5.41, 5.74) is 0. The van der Waals surface area contributed by atoms with Gasteiger partial charge in [-0.3, -0.25) is 0 Å². The number of ether oxygens (including phenoxy) is 1. The lowest BCUT2D eigenvalue weighted by atomic mass is 10.3. The molecule has 4 heteroatoms. The first-order valence-corrected chi connectivity index (χ1v) is 2.71. The number of hydrogen-bond acceptors (Lipinski definition) is 2. The molecule has 0 bridgehead atoms. The van der Waals surface area contributed by atoms with E-state index in [1.54, 1.807) is 0 Å². The fourth-order valence-corrected chi connectivity index (χ4v) is 0.570. The Kier molecular flexibility index (Phi) is 1.89. The van der Waals surface area contributed by atoms with E-state index >= 15 is 0 Å². The molecule has 0 fully saturated rings. The Bertz CT molecular complexity index is 175. The topological polar surface area (TPSA) is 29.5 Å². The van der Waals surface area contributed by atoms with Crippen LogP contribution >= 0.6 is 0 Å². The molecule has 1 rings (SSSR count). The highest BCUT2D eigenvalue weighted by molar-refractivity contribution is 5.14. The minimum absolute atomic E-state index is 0.142. The maximum absolute atomic E-state index is 11.8. The van der Waals surface area contributed by atoms with Crippen molar-refractivity contribution in [3.8, 4) is 0 Å². The summed E-state index contributed by atoms with van der Waals surface area (Å²) in [4.78, 5) is 0. The third-order valence-corrected chi connectivity index (χ3v) is 1.05. The Morgan fingerprint density at radius 1 is 1.60 bits per heavy atom.